The van der Waals surface area contributed by atoms with E-state index >= 15 is 0 Å². The fourth-order valence-corrected chi connectivity index (χ4v) is 0.143. The lowest BCUT2D eigenvalue weighted by Gasteiger charge is -1.74. The third kappa shape index (κ3) is 24.2. The molecule has 5 nitrogen and oxygen atoms in total. The molecule has 0 amide bonds. The Morgan fingerprint density at radius 3 is 1.67 bits per heavy atom. The van der Waals surface area contributed by atoms with Crippen LogP contribution in [-0.2, 0) is 9.59 Å². The number of carboxylic acid groups (broad SMARTS) is 2. The summed E-state index contributed by atoms with van der Waals surface area (Å²) in [6.07, 6.45) is 1.74. The molecular weight excluding hydrogens is 162 g/mol. The Morgan fingerprint density at radius 1 is 1.33 bits per heavy atom. The van der Waals surface area contributed by atoms with Crippen molar-refractivity contribution in [3.63, 3.8) is 0 Å². The van der Waals surface area contributed by atoms with Crippen LogP contribution in [0.2, 0.25) is 0 Å². The number of hydrogen-bond acceptors (Lipinski definition) is 3. The van der Waals surface area contributed by atoms with Gasteiger partial charge in [-0.25, -0.2) is 9.59 Å². The molecule has 0 aromatic rings. The molecule has 0 fully saturated rings. The average molecular weight is 171 g/mol. The normalized spacial score (nSPS) is 8.00. The van der Waals surface area contributed by atoms with E-state index in [1.165, 1.54) is 0 Å². The van der Waals surface area contributed by atoms with Crippen LogP contribution >= 0.6 is 0 Å². The molecule has 0 aromatic carbocycles. The molecule has 2 N–H and O–H groups in total. The van der Waals surface area contributed by atoms with E-state index in [0.29, 0.717) is 18.6 Å². The fraction of sp³-hybridized carbons (Fsp3) is 0.286. The molecule has 0 saturated heterocycles. The van der Waals surface area contributed by atoms with Crippen molar-refractivity contribution in [2.75, 3.05) is 0 Å². The van der Waals surface area contributed by atoms with Crippen molar-refractivity contribution in [2.45, 2.75) is 13.3 Å². The largest absolute Gasteiger partial charge is 0.478 e. The van der Waals surface area contributed by atoms with Gasteiger partial charge in [0, 0.05) is 18.6 Å². The van der Waals surface area contributed by atoms with Crippen LogP contribution in [0, 0.1) is 11.3 Å². The predicted molar refractivity (Wildman–Crippen MR) is 40.3 cm³/mol. The molecule has 0 aliphatic carbocycles. The van der Waals surface area contributed by atoms with Crippen LogP contribution < -0.4 is 0 Å². The lowest BCUT2D eigenvalue weighted by atomic mass is 10.5. The van der Waals surface area contributed by atoms with Crippen LogP contribution in [0.15, 0.2) is 12.2 Å². The van der Waals surface area contributed by atoms with Gasteiger partial charge in [0.2, 0.25) is 0 Å². The lowest BCUT2D eigenvalue weighted by molar-refractivity contribution is -0.134. The summed E-state index contributed by atoms with van der Waals surface area (Å²) in [5.41, 5.74) is 0. The van der Waals surface area contributed by atoms with Crippen LogP contribution in [0.4, 0.5) is 0 Å². The first-order valence-electron chi connectivity index (χ1n) is 3.05. The number of nitriles is 1. The maximum atomic E-state index is 9.55. The van der Waals surface area contributed by atoms with Gasteiger partial charge in [-0.3, -0.25) is 0 Å². The van der Waals surface area contributed by atoms with Gasteiger partial charge < -0.3 is 10.2 Å². The highest BCUT2D eigenvalue weighted by Gasteiger charge is 1.88. The molecule has 0 atom stereocenters. The standard InChI is InChI=1S/C4H4O4.C3H5N/c5-3(6)1-2-4(7)8;1-2-3-4/h1-2H,(H,5,6)(H,7,8);2H2,1H3/b2-1+;. The van der Waals surface area contributed by atoms with Crippen molar-refractivity contribution < 1.29 is 19.8 Å². The molecule has 0 saturated carbocycles. The molecule has 0 bridgehead atoms. The molecule has 0 aliphatic rings. The minimum Gasteiger partial charge on any atom is -0.478 e. The quantitative estimate of drug-likeness (QED) is 0.593. The summed E-state index contributed by atoms with van der Waals surface area (Å²) in [5, 5.41) is 23.2. The highest BCUT2D eigenvalue weighted by Crippen LogP contribution is 1.70. The summed E-state index contributed by atoms with van der Waals surface area (Å²) in [4.78, 5) is 19.1. The van der Waals surface area contributed by atoms with Crippen LogP contribution in [0.3, 0.4) is 0 Å². The third-order valence-electron chi connectivity index (χ3n) is 0.527. The molecule has 12 heavy (non-hydrogen) atoms. The topological polar surface area (TPSA) is 98.4 Å². The van der Waals surface area contributed by atoms with Gasteiger partial charge in [0.15, 0.2) is 0 Å². The summed E-state index contributed by atoms with van der Waals surface area (Å²) in [7, 11) is 0. The Morgan fingerprint density at radius 2 is 1.58 bits per heavy atom. The molecule has 0 aromatic heterocycles. The highest BCUT2D eigenvalue weighted by atomic mass is 16.4. The Balaban J connectivity index is 0. The van der Waals surface area contributed by atoms with Crippen molar-refractivity contribution >= 4 is 11.9 Å². The highest BCUT2D eigenvalue weighted by molar-refractivity contribution is 5.89. The molecule has 0 heterocycles. The number of aliphatic carboxylic acids is 2. The van der Waals surface area contributed by atoms with Gasteiger partial charge in [-0.2, -0.15) is 5.26 Å². The second-order valence-corrected chi connectivity index (χ2v) is 1.52. The number of nitrogens with zero attached hydrogens (tertiary/aromatic N) is 1. The molecular formula is C7H9NO4. The van der Waals surface area contributed by atoms with Crippen LogP contribution in [0.1, 0.15) is 13.3 Å². The van der Waals surface area contributed by atoms with Crippen LogP contribution in [0.5, 0.6) is 0 Å². The minimum absolute atomic E-state index is 0.558. The second kappa shape index (κ2) is 9.17. The summed E-state index contributed by atoms with van der Waals surface area (Å²) in [6, 6.07) is 1.93. The average Bonchev–Trinajstić information content (AvgIpc) is 2.01. The number of carboxylic acids is 2. The first kappa shape index (κ1) is 12.8. The van der Waals surface area contributed by atoms with Gasteiger partial charge in [-0.05, 0) is 0 Å². The van der Waals surface area contributed by atoms with Crippen molar-refractivity contribution in [3.8, 4) is 6.07 Å². The van der Waals surface area contributed by atoms with E-state index in [-0.39, 0.29) is 0 Å². The van der Waals surface area contributed by atoms with Gasteiger partial charge >= 0.3 is 11.9 Å². The van der Waals surface area contributed by atoms with Gasteiger partial charge in [0.25, 0.3) is 0 Å². The zero-order valence-corrected chi connectivity index (χ0v) is 6.52. The molecule has 0 aliphatic heterocycles. The Labute approximate surface area is 69.5 Å². The van der Waals surface area contributed by atoms with Crippen molar-refractivity contribution in [1.82, 2.24) is 0 Å². The molecule has 0 spiro atoms. The fourth-order valence-electron chi connectivity index (χ4n) is 0.143. The summed E-state index contributed by atoms with van der Waals surface area (Å²) in [5.74, 6) is -2.51. The number of carbonyl (C=O) groups is 2. The number of rotatable bonds is 2. The molecule has 0 unspecified atom stereocenters. The van der Waals surface area contributed by atoms with Gasteiger partial charge in [0.05, 0.1) is 6.07 Å². The first-order valence-corrected chi connectivity index (χ1v) is 3.05. The SMILES string of the molecule is CCC#N.O=C(O)/C=C/C(=O)O. The second-order valence-electron chi connectivity index (χ2n) is 1.52. The Kier molecular flexibility index (Phi) is 9.79. The van der Waals surface area contributed by atoms with Gasteiger partial charge in [-0.1, -0.05) is 6.92 Å². The summed E-state index contributed by atoms with van der Waals surface area (Å²) in [6.45, 7) is 1.82. The van der Waals surface area contributed by atoms with E-state index in [1.54, 1.807) is 0 Å². The Bertz CT molecular complexity index is 198. The van der Waals surface area contributed by atoms with Crippen molar-refractivity contribution in [2.24, 2.45) is 0 Å². The zero-order chi connectivity index (χ0) is 9.98. The van der Waals surface area contributed by atoms with Crippen molar-refractivity contribution in [3.05, 3.63) is 12.2 Å². The van der Waals surface area contributed by atoms with Crippen LogP contribution in [-0.4, -0.2) is 22.2 Å². The minimum atomic E-state index is -1.26. The van der Waals surface area contributed by atoms with E-state index in [9.17, 15) is 9.59 Å². The van der Waals surface area contributed by atoms with E-state index in [1.807, 2.05) is 13.0 Å². The van der Waals surface area contributed by atoms with Gasteiger partial charge in [-0.15, -0.1) is 0 Å². The first-order chi connectivity index (χ1) is 5.54. The monoisotopic (exact) mass is 171 g/mol. The maximum Gasteiger partial charge on any atom is 0.328 e. The van der Waals surface area contributed by atoms with E-state index < -0.39 is 11.9 Å². The van der Waals surface area contributed by atoms with Crippen LogP contribution in [0.25, 0.3) is 0 Å². The summed E-state index contributed by atoms with van der Waals surface area (Å²) < 4.78 is 0. The molecule has 5 heteroatoms. The van der Waals surface area contributed by atoms with Gasteiger partial charge in [0.1, 0.15) is 0 Å². The van der Waals surface area contributed by atoms with Crippen molar-refractivity contribution in [1.29, 1.82) is 5.26 Å². The van der Waals surface area contributed by atoms with E-state index in [4.69, 9.17) is 15.5 Å². The Hall–Kier alpha value is -1.83. The maximum absolute atomic E-state index is 9.55. The third-order valence-corrected chi connectivity index (χ3v) is 0.527. The summed E-state index contributed by atoms with van der Waals surface area (Å²) >= 11 is 0. The molecule has 0 rings (SSSR count). The molecule has 0 radical (unpaired) electrons. The van der Waals surface area contributed by atoms with E-state index in [2.05, 4.69) is 0 Å². The van der Waals surface area contributed by atoms with E-state index in [0.717, 1.165) is 0 Å². The predicted octanol–water partition coefficient (Wildman–Crippen LogP) is 0.632. The smallest absolute Gasteiger partial charge is 0.328 e. The zero-order valence-electron chi connectivity index (χ0n) is 6.52. The lowest BCUT2D eigenvalue weighted by Crippen LogP contribution is -1.91. The molecule has 66 valence electrons. The number of hydrogen-bond donors (Lipinski definition) is 2.